The summed E-state index contributed by atoms with van der Waals surface area (Å²) in [7, 11) is 1.42. The molecule has 0 spiro atoms. The number of esters is 1. The van der Waals surface area contributed by atoms with Crippen LogP contribution < -0.4 is 4.90 Å². The topological polar surface area (TPSA) is 53.3 Å². The van der Waals surface area contributed by atoms with Crippen molar-refractivity contribution in [3.8, 4) is 6.07 Å². The third-order valence-electron chi connectivity index (χ3n) is 3.90. The summed E-state index contributed by atoms with van der Waals surface area (Å²) in [5.74, 6) is -0.186. The van der Waals surface area contributed by atoms with Gasteiger partial charge in [0.2, 0.25) is 0 Å². The summed E-state index contributed by atoms with van der Waals surface area (Å²) in [6.07, 6.45) is 3.56. The highest BCUT2D eigenvalue weighted by atomic mass is 16.5. The van der Waals surface area contributed by atoms with Gasteiger partial charge in [0.15, 0.2) is 0 Å². The molecule has 1 unspecified atom stereocenters. The van der Waals surface area contributed by atoms with E-state index in [0.717, 1.165) is 37.1 Å². The van der Waals surface area contributed by atoms with Crippen LogP contribution in [0.5, 0.6) is 0 Å². The van der Waals surface area contributed by atoms with Gasteiger partial charge in [-0.1, -0.05) is 12.1 Å². The van der Waals surface area contributed by atoms with Crippen molar-refractivity contribution in [2.24, 2.45) is 0 Å². The molecule has 0 N–H and O–H groups in total. The van der Waals surface area contributed by atoms with Gasteiger partial charge in [0.1, 0.15) is 6.07 Å². The molecule has 0 aliphatic carbocycles. The van der Waals surface area contributed by atoms with E-state index < -0.39 is 0 Å². The van der Waals surface area contributed by atoms with E-state index >= 15 is 0 Å². The molecule has 1 aromatic rings. The van der Waals surface area contributed by atoms with E-state index in [4.69, 9.17) is 4.74 Å². The van der Waals surface area contributed by atoms with Crippen molar-refractivity contribution in [1.82, 2.24) is 0 Å². The van der Waals surface area contributed by atoms with Crippen molar-refractivity contribution in [2.75, 3.05) is 18.6 Å². The molecule has 4 nitrogen and oxygen atoms in total. The maximum absolute atomic E-state index is 11.6. The second-order valence-corrected chi connectivity index (χ2v) is 5.21. The van der Waals surface area contributed by atoms with E-state index in [0.29, 0.717) is 12.0 Å². The molecule has 1 aliphatic rings. The lowest BCUT2D eigenvalue weighted by molar-refractivity contribution is -0.141. The van der Waals surface area contributed by atoms with E-state index in [-0.39, 0.29) is 12.0 Å². The average molecular weight is 272 g/mol. The monoisotopic (exact) mass is 272 g/mol. The quantitative estimate of drug-likeness (QED) is 0.794. The Balaban J connectivity index is 2.33. The molecule has 4 heteroatoms. The molecule has 0 amide bonds. The van der Waals surface area contributed by atoms with Gasteiger partial charge in [0.25, 0.3) is 0 Å². The maximum atomic E-state index is 11.6. The Morgan fingerprint density at radius 2 is 2.30 bits per heavy atom. The smallest absolute Gasteiger partial charge is 0.307 e. The Hall–Kier alpha value is -2.02. The molecule has 0 radical (unpaired) electrons. The number of aryl methyl sites for hydroxylation is 1. The maximum Gasteiger partial charge on any atom is 0.307 e. The van der Waals surface area contributed by atoms with Crippen LogP contribution in [0.2, 0.25) is 0 Å². The summed E-state index contributed by atoms with van der Waals surface area (Å²) in [4.78, 5) is 13.8. The van der Waals surface area contributed by atoms with Crippen molar-refractivity contribution in [3.63, 3.8) is 0 Å². The Morgan fingerprint density at radius 1 is 1.50 bits per heavy atom. The summed E-state index contributed by atoms with van der Waals surface area (Å²) in [6, 6.07) is 8.15. The van der Waals surface area contributed by atoms with Crippen LogP contribution in [-0.4, -0.2) is 25.7 Å². The molecule has 1 aromatic carbocycles. The lowest BCUT2D eigenvalue weighted by Gasteiger charge is -2.38. The van der Waals surface area contributed by atoms with Crippen molar-refractivity contribution < 1.29 is 9.53 Å². The van der Waals surface area contributed by atoms with Crippen molar-refractivity contribution >= 4 is 11.7 Å². The predicted molar refractivity (Wildman–Crippen MR) is 77.5 cm³/mol. The first-order chi connectivity index (χ1) is 9.67. The Kier molecular flexibility index (Phi) is 4.62. The average Bonchev–Trinajstić information content (AvgIpc) is 2.47. The van der Waals surface area contributed by atoms with E-state index in [2.05, 4.69) is 11.0 Å². The standard InChI is InChI=1S/C16H20N2O2/c1-12-6-5-7-13(11-17)16(12)18-9-4-3-8-14(18)10-15(19)20-2/h5-7,14H,3-4,8-10H2,1-2H3. The SMILES string of the molecule is COC(=O)CC1CCCCN1c1c(C)cccc1C#N. The molecule has 1 fully saturated rings. The second-order valence-electron chi connectivity index (χ2n) is 5.21. The Labute approximate surface area is 120 Å². The zero-order valence-corrected chi connectivity index (χ0v) is 12.1. The summed E-state index contributed by atoms with van der Waals surface area (Å²) in [5, 5.41) is 9.32. The fourth-order valence-corrected chi connectivity index (χ4v) is 2.91. The van der Waals surface area contributed by atoms with E-state index in [1.165, 1.54) is 7.11 Å². The van der Waals surface area contributed by atoms with Gasteiger partial charge in [-0.05, 0) is 37.8 Å². The number of piperidine rings is 1. The van der Waals surface area contributed by atoms with Gasteiger partial charge < -0.3 is 9.64 Å². The van der Waals surface area contributed by atoms with Crippen LogP contribution in [-0.2, 0) is 9.53 Å². The van der Waals surface area contributed by atoms with E-state index in [1.807, 2.05) is 25.1 Å². The first kappa shape index (κ1) is 14.4. The van der Waals surface area contributed by atoms with Crippen LogP contribution in [0.3, 0.4) is 0 Å². The molecular formula is C16H20N2O2. The zero-order valence-electron chi connectivity index (χ0n) is 12.1. The highest BCUT2D eigenvalue weighted by Gasteiger charge is 2.27. The third-order valence-corrected chi connectivity index (χ3v) is 3.90. The number of anilines is 1. The van der Waals surface area contributed by atoms with Gasteiger partial charge in [-0.2, -0.15) is 5.26 Å². The largest absolute Gasteiger partial charge is 0.469 e. The van der Waals surface area contributed by atoms with E-state index in [1.54, 1.807) is 0 Å². The van der Waals surface area contributed by atoms with Crippen LogP contribution in [0.4, 0.5) is 5.69 Å². The van der Waals surface area contributed by atoms with Crippen molar-refractivity contribution in [1.29, 1.82) is 5.26 Å². The van der Waals surface area contributed by atoms with Gasteiger partial charge in [0, 0.05) is 12.6 Å². The summed E-state index contributed by atoms with van der Waals surface area (Å²) >= 11 is 0. The number of hydrogen-bond acceptors (Lipinski definition) is 4. The molecule has 0 saturated carbocycles. The van der Waals surface area contributed by atoms with Gasteiger partial charge >= 0.3 is 5.97 Å². The number of para-hydroxylation sites is 1. The van der Waals surface area contributed by atoms with Crippen molar-refractivity contribution in [2.45, 2.75) is 38.6 Å². The Morgan fingerprint density at radius 3 is 3.00 bits per heavy atom. The minimum absolute atomic E-state index is 0.129. The lowest BCUT2D eigenvalue weighted by atomic mass is 9.96. The van der Waals surface area contributed by atoms with Gasteiger partial charge in [-0.25, -0.2) is 0 Å². The molecular weight excluding hydrogens is 252 g/mol. The van der Waals surface area contributed by atoms with Crippen LogP contribution in [0.1, 0.15) is 36.8 Å². The second kappa shape index (κ2) is 6.42. The minimum Gasteiger partial charge on any atom is -0.469 e. The fraction of sp³-hybridized carbons (Fsp3) is 0.500. The molecule has 0 aromatic heterocycles. The summed E-state index contributed by atoms with van der Waals surface area (Å²) < 4.78 is 4.79. The number of nitrogens with zero attached hydrogens (tertiary/aromatic N) is 2. The molecule has 2 rings (SSSR count). The molecule has 1 saturated heterocycles. The fourth-order valence-electron chi connectivity index (χ4n) is 2.91. The van der Waals surface area contributed by atoms with Crippen molar-refractivity contribution in [3.05, 3.63) is 29.3 Å². The van der Waals surface area contributed by atoms with Crippen LogP contribution >= 0.6 is 0 Å². The third kappa shape index (κ3) is 2.93. The Bertz CT molecular complexity index is 534. The summed E-state index contributed by atoms with van der Waals surface area (Å²) in [6.45, 7) is 2.90. The van der Waals surface area contributed by atoms with Gasteiger partial charge in [-0.3, -0.25) is 4.79 Å². The van der Waals surface area contributed by atoms with Gasteiger partial charge in [-0.15, -0.1) is 0 Å². The first-order valence-electron chi connectivity index (χ1n) is 7.00. The molecule has 106 valence electrons. The number of carbonyl (C=O) groups is 1. The zero-order chi connectivity index (χ0) is 14.5. The number of nitriles is 1. The van der Waals surface area contributed by atoms with Crippen LogP contribution in [0.15, 0.2) is 18.2 Å². The summed E-state index contributed by atoms with van der Waals surface area (Å²) in [5.41, 5.74) is 2.74. The minimum atomic E-state index is -0.186. The van der Waals surface area contributed by atoms with Crippen LogP contribution in [0.25, 0.3) is 0 Å². The normalized spacial score (nSPS) is 18.4. The molecule has 1 aliphatic heterocycles. The molecule has 1 atom stereocenters. The number of carbonyl (C=O) groups excluding carboxylic acids is 1. The number of hydrogen-bond donors (Lipinski definition) is 0. The first-order valence-corrected chi connectivity index (χ1v) is 7.00. The number of benzene rings is 1. The van der Waals surface area contributed by atoms with Gasteiger partial charge in [0.05, 0.1) is 24.8 Å². The molecule has 0 bridgehead atoms. The predicted octanol–water partition coefficient (Wildman–Crippen LogP) is 2.79. The van der Waals surface area contributed by atoms with E-state index in [9.17, 15) is 10.1 Å². The number of rotatable bonds is 3. The highest BCUT2D eigenvalue weighted by molar-refractivity contribution is 5.72. The number of ether oxygens (including phenoxy) is 1. The lowest BCUT2D eigenvalue weighted by Crippen LogP contribution is -2.41. The highest BCUT2D eigenvalue weighted by Crippen LogP contribution is 2.32. The van der Waals surface area contributed by atoms with Crippen LogP contribution in [0, 0.1) is 18.3 Å². The molecule has 20 heavy (non-hydrogen) atoms. The molecule has 1 heterocycles. The number of methoxy groups -OCH3 is 1.